The Morgan fingerprint density at radius 3 is 2.61 bits per heavy atom. The van der Waals surface area contributed by atoms with Crippen LogP contribution in [0, 0.1) is 5.92 Å². The van der Waals surface area contributed by atoms with Crippen molar-refractivity contribution in [2.75, 3.05) is 13.2 Å². The topological polar surface area (TPSA) is 42.6 Å². The fraction of sp³-hybridized carbons (Fsp3) is 0.286. The van der Waals surface area contributed by atoms with Crippen LogP contribution in [0.25, 0.3) is 0 Å². The maximum absolute atomic E-state index is 9.30. The molecule has 1 aromatic carbocycles. The molecule has 0 aliphatic rings. The Balaban J connectivity index is 1.85. The number of ether oxygens (including phenoxy) is 1. The first-order valence-electron chi connectivity index (χ1n) is 5.79. The second-order valence-corrected chi connectivity index (χ2v) is 4.53. The van der Waals surface area contributed by atoms with Crippen molar-refractivity contribution < 1.29 is 14.3 Å². The van der Waals surface area contributed by atoms with Gasteiger partial charge in [0.2, 0.25) is 0 Å². The predicted octanol–water partition coefficient (Wildman–Crippen LogP) is 3.16. The van der Waals surface area contributed by atoms with Crippen LogP contribution in [0.5, 0.6) is 5.75 Å². The molecule has 0 saturated carbocycles. The third kappa shape index (κ3) is 3.79. The average molecular weight is 267 g/mol. The average Bonchev–Trinajstić information content (AvgIpc) is 2.89. The molecule has 0 aliphatic carbocycles. The Morgan fingerprint density at radius 1 is 1.22 bits per heavy atom. The summed E-state index contributed by atoms with van der Waals surface area (Å²) in [6.45, 7) is 0.507. The van der Waals surface area contributed by atoms with Crippen LogP contribution < -0.4 is 4.74 Å². The van der Waals surface area contributed by atoms with Crippen LogP contribution in [0.2, 0.25) is 5.02 Å². The van der Waals surface area contributed by atoms with Gasteiger partial charge in [-0.15, -0.1) is 0 Å². The lowest BCUT2D eigenvalue weighted by atomic mass is 10.1. The molecule has 1 N–H and O–H groups in total. The first kappa shape index (κ1) is 13.0. The van der Waals surface area contributed by atoms with Gasteiger partial charge in [0.15, 0.2) is 0 Å². The van der Waals surface area contributed by atoms with Gasteiger partial charge in [-0.3, -0.25) is 0 Å². The van der Waals surface area contributed by atoms with E-state index in [1.54, 1.807) is 18.4 Å². The van der Waals surface area contributed by atoms with E-state index >= 15 is 0 Å². The smallest absolute Gasteiger partial charge is 0.119 e. The van der Waals surface area contributed by atoms with Crippen LogP contribution in [0.3, 0.4) is 0 Å². The van der Waals surface area contributed by atoms with E-state index in [1.807, 2.05) is 24.3 Å². The van der Waals surface area contributed by atoms with Crippen LogP contribution in [-0.4, -0.2) is 18.3 Å². The van der Waals surface area contributed by atoms with Crippen molar-refractivity contribution in [2.24, 2.45) is 5.92 Å². The molecule has 1 heterocycles. The quantitative estimate of drug-likeness (QED) is 0.873. The molecule has 4 heteroatoms. The van der Waals surface area contributed by atoms with E-state index in [9.17, 15) is 5.11 Å². The lowest BCUT2D eigenvalue weighted by Gasteiger charge is -2.14. The Bertz CT molecular complexity index is 450. The molecule has 0 bridgehead atoms. The third-order valence-electron chi connectivity index (χ3n) is 2.63. The summed E-state index contributed by atoms with van der Waals surface area (Å²) in [6, 6.07) is 10.9. The molecule has 0 saturated heterocycles. The zero-order valence-corrected chi connectivity index (χ0v) is 10.6. The highest BCUT2D eigenvalue weighted by molar-refractivity contribution is 6.30. The molecule has 2 aromatic rings. The first-order valence-corrected chi connectivity index (χ1v) is 6.17. The molecule has 0 fully saturated rings. The van der Waals surface area contributed by atoms with Crippen molar-refractivity contribution in [1.29, 1.82) is 0 Å². The van der Waals surface area contributed by atoms with E-state index in [1.165, 1.54) is 0 Å². The number of hydrogen-bond donors (Lipinski definition) is 1. The van der Waals surface area contributed by atoms with Crippen LogP contribution in [-0.2, 0) is 6.42 Å². The number of furan rings is 1. The van der Waals surface area contributed by atoms with Gasteiger partial charge in [0.25, 0.3) is 0 Å². The highest BCUT2D eigenvalue weighted by Gasteiger charge is 2.11. The van der Waals surface area contributed by atoms with Crippen LogP contribution in [0.15, 0.2) is 47.1 Å². The van der Waals surface area contributed by atoms with Gasteiger partial charge in [-0.25, -0.2) is 0 Å². The third-order valence-corrected chi connectivity index (χ3v) is 2.88. The lowest BCUT2D eigenvalue weighted by molar-refractivity contribution is 0.158. The van der Waals surface area contributed by atoms with Gasteiger partial charge in [0, 0.05) is 24.0 Å². The van der Waals surface area contributed by atoms with Crippen molar-refractivity contribution in [3.63, 3.8) is 0 Å². The summed E-state index contributed by atoms with van der Waals surface area (Å²) >= 11 is 5.79. The second kappa shape index (κ2) is 6.47. The molecule has 0 amide bonds. The largest absolute Gasteiger partial charge is 0.493 e. The van der Waals surface area contributed by atoms with Crippen molar-refractivity contribution in [1.82, 2.24) is 0 Å². The minimum atomic E-state index is 0.0202. The summed E-state index contributed by atoms with van der Waals surface area (Å²) in [5.41, 5.74) is 0. The maximum Gasteiger partial charge on any atom is 0.119 e. The minimum absolute atomic E-state index is 0.0202. The number of aliphatic hydroxyl groups is 1. The summed E-state index contributed by atoms with van der Waals surface area (Å²) < 4.78 is 10.9. The van der Waals surface area contributed by atoms with E-state index in [2.05, 4.69) is 0 Å². The van der Waals surface area contributed by atoms with Crippen molar-refractivity contribution in [2.45, 2.75) is 6.42 Å². The van der Waals surface area contributed by atoms with Gasteiger partial charge >= 0.3 is 0 Å². The Labute approximate surface area is 111 Å². The van der Waals surface area contributed by atoms with E-state index in [4.69, 9.17) is 20.8 Å². The zero-order valence-electron chi connectivity index (χ0n) is 9.88. The molecule has 1 aromatic heterocycles. The fourth-order valence-corrected chi connectivity index (χ4v) is 1.76. The molecular weight excluding hydrogens is 252 g/mol. The zero-order chi connectivity index (χ0) is 12.8. The highest BCUT2D eigenvalue weighted by Crippen LogP contribution is 2.17. The van der Waals surface area contributed by atoms with E-state index in [0.29, 0.717) is 18.1 Å². The standard InChI is InChI=1S/C14H15ClO3/c15-12-3-5-13(6-4-12)18-10-11(9-16)8-14-2-1-7-17-14/h1-7,11,16H,8-10H2. The molecule has 0 spiro atoms. The van der Waals surface area contributed by atoms with Crippen LogP contribution in [0.1, 0.15) is 5.76 Å². The molecule has 1 unspecified atom stereocenters. The molecule has 0 aliphatic heterocycles. The van der Waals surface area contributed by atoms with Crippen molar-refractivity contribution in [3.8, 4) is 5.75 Å². The number of aliphatic hydroxyl groups excluding tert-OH is 1. The van der Waals surface area contributed by atoms with E-state index in [-0.39, 0.29) is 12.5 Å². The SMILES string of the molecule is OCC(COc1ccc(Cl)cc1)Cc1ccco1. The molecule has 18 heavy (non-hydrogen) atoms. The summed E-state index contributed by atoms with van der Waals surface area (Å²) in [4.78, 5) is 0. The first-order chi connectivity index (χ1) is 8.78. The van der Waals surface area contributed by atoms with Gasteiger partial charge in [-0.05, 0) is 36.4 Å². The minimum Gasteiger partial charge on any atom is -0.493 e. The molecule has 1 atom stereocenters. The van der Waals surface area contributed by atoms with Gasteiger partial charge in [-0.1, -0.05) is 11.6 Å². The summed E-state index contributed by atoms with van der Waals surface area (Å²) in [5, 5.41) is 9.98. The number of benzene rings is 1. The molecule has 0 radical (unpaired) electrons. The highest BCUT2D eigenvalue weighted by atomic mass is 35.5. The van der Waals surface area contributed by atoms with Gasteiger partial charge in [0.1, 0.15) is 11.5 Å². The van der Waals surface area contributed by atoms with E-state index < -0.39 is 0 Å². The lowest BCUT2D eigenvalue weighted by Crippen LogP contribution is -2.18. The maximum atomic E-state index is 9.30. The summed E-state index contributed by atoms with van der Waals surface area (Å²) in [7, 11) is 0. The Morgan fingerprint density at radius 2 is 2.00 bits per heavy atom. The monoisotopic (exact) mass is 266 g/mol. The number of rotatable bonds is 6. The predicted molar refractivity (Wildman–Crippen MR) is 69.9 cm³/mol. The molecule has 3 nitrogen and oxygen atoms in total. The van der Waals surface area contributed by atoms with Crippen LogP contribution >= 0.6 is 11.6 Å². The van der Waals surface area contributed by atoms with Crippen molar-refractivity contribution >= 4 is 11.6 Å². The van der Waals surface area contributed by atoms with Crippen LogP contribution in [0.4, 0.5) is 0 Å². The van der Waals surface area contributed by atoms with Crippen molar-refractivity contribution in [3.05, 3.63) is 53.4 Å². The van der Waals surface area contributed by atoms with Gasteiger partial charge in [-0.2, -0.15) is 0 Å². The molecule has 96 valence electrons. The number of halogens is 1. The normalized spacial score (nSPS) is 12.3. The van der Waals surface area contributed by atoms with Gasteiger partial charge in [0.05, 0.1) is 12.9 Å². The molecule has 2 rings (SSSR count). The molecular formula is C14H15ClO3. The summed E-state index contributed by atoms with van der Waals surface area (Å²) in [5.74, 6) is 1.62. The van der Waals surface area contributed by atoms with E-state index in [0.717, 1.165) is 11.5 Å². The fourth-order valence-electron chi connectivity index (χ4n) is 1.63. The van der Waals surface area contributed by atoms with Gasteiger partial charge < -0.3 is 14.3 Å². The number of hydrogen-bond acceptors (Lipinski definition) is 3. The Hall–Kier alpha value is -1.45. The Kier molecular flexibility index (Phi) is 4.67. The summed E-state index contributed by atoms with van der Waals surface area (Å²) in [6.07, 6.45) is 2.29. The second-order valence-electron chi connectivity index (χ2n) is 4.10.